The zero-order valence-electron chi connectivity index (χ0n) is 15.3. The first-order chi connectivity index (χ1) is 13.3. The van der Waals surface area contributed by atoms with E-state index in [-0.39, 0.29) is 17.5 Å². The molecule has 0 unspecified atom stereocenters. The molecule has 3 rings (SSSR count). The van der Waals surface area contributed by atoms with Crippen LogP contribution in [-0.4, -0.2) is 18.9 Å². The van der Waals surface area contributed by atoms with Gasteiger partial charge in [-0.3, -0.25) is 4.55 Å². The summed E-state index contributed by atoms with van der Waals surface area (Å²) in [6.45, 7) is 2.12. The van der Waals surface area contributed by atoms with Crippen molar-refractivity contribution in [2.45, 2.75) is 18.4 Å². The zero-order valence-corrected chi connectivity index (χ0v) is 16.1. The van der Waals surface area contributed by atoms with Gasteiger partial charge in [-0.1, -0.05) is 48.0 Å². The van der Waals surface area contributed by atoms with Gasteiger partial charge in [-0.15, -0.1) is 0 Å². The maximum atomic E-state index is 11.7. The van der Waals surface area contributed by atoms with E-state index in [2.05, 4.69) is 0 Å². The molecule has 0 aromatic heterocycles. The fourth-order valence-corrected chi connectivity index (χ4v) is 2.62. The molecule has 3 N–H and O–H groups in total. The molecule has 0 radical (unpaired) electrons. The van der Waals surface area contributed by atoms with Crippen LogP contribution in [0.2, 0.25) is 0 Å². The Balaban J connectivity index is 0.000000221. The highest BCUT2D eigenvalue weighted by Gasteiger charge is 2.07. The number of anilines is 1. The Morgan fingerprint density at radius 3 is 2.04 bits per heavy atom. The number of ether oxygens (including phenoxy) is 1. The topological polar surface area (TPSA) is 107 Å². The number of carbonyl (C=O) groups excluding carboxylic acids is 1. The van der Waals surface area contributed by atoms with Crippen molar-refractivity contribution in [2.24, 2.45) is 0 Å². The van der Waals surface area contributed by atoms with Crippen molar-refractivity contribution >= 4 is 21.8 Å². The van der Waals surface area contributed by atoms with Crippen molar-refractivity contribution in [3.63, 3.8) is 0 Å². The monoisotopic (exact) mass is 399 g/mol. The van der Waals surface area contributed by atoms with Crippen molar-refractivity contribution < 1.29 is 22.5 Å². The second-order valence-corrected chi connectivity index (χ2v) is 7.39. The van der Waals surface area contributed by atoms with Crippen molar-refractivity contribution in [3.05, 3.63) is 95.6 Å². The van der Waals surface area contributed by atoms with Crippen LogP contribution in [0.15, 0.2) is 83.8 Å². The molecule has 0 amide bonds. The molecule has 0 spiro atoms. The third-order valence-corrected chi connectivity index (χ3v) is 4.55. The van der Waals surface area contributed by atoms with E-state index in [1.54, 1.807) is 36.4 Å². The van der Waals surface area contributed by atoms with Crippen LogP contribution in [0, 0.1) is 6.92 Å². The lowest BCUT2D eigenvalue weighted by molar-refractivity contribution is 0.0472. The van der Waals surface area contributed by atoms with E-state index >= 15 is 0 Å². The smallest absolute Gasteiger partial charge is 0.338 e. The average molecular weight is 399 g/mol. The summed E-state index contributed by atoms with van der Waals surface area (Å²) < 4.78 is 34.7. The van der Waals surface area contributed by atoms with Crippen LogP contribution in [0.3, 0.4) is 0 Å². The molecule has 0 aliphatic carbocycles. The van der Waals surface area contributed by atoms with E-state index in [9.17, 15) is 13.2 Å². The minimum Gasteiger partial charge on any atom is -0.457 e. The normalized spacial score (nSPS) is 10.5. The number of esters is 1. The molecule has 0 aliphatic heterocycles. The van der Waals surface area contributed by atoms with Gasteiger partial charge in [0.1, 0.15) is 6.61 Å². The number of rotatable bonds is 4. The second-order valence-electron chi connectivity index (χ2n) is 5.97. The Labute approximate surface area is 164 Å². The van der Waals surface area contributed by atoms with Crippen LogP contribution in [0.25, 0.3) is 0 Å². The van der Waals surface area contributed by atoms with E-state index in [0.717, 1.165) is 11.1 Å². The zero-order chi connectivity index (χ0) is 20.6. The number of hydrogen-bond donors (Lipinski definition) is 2. The number of hydrogen-bond acceptors (Lipinski definition) is 5. The van der Waals surface area contributed by atoms with Crippen LogP contribution in [0.5, 0.6) is 0 Å². The molecule has 146 valence electrons. The molecule has 3 aromatic rings. The van der Waals surface area contributed by atoms with Gasteiger partial charge in [-0.2, -0.15) is 8.42 Å². The van der Waals surface area contributed by atoms with Gasteiger partial charge in [0.15, 0.2) is 0 Å². The lowest BCUT2D eigenvalue weighted by atomic mass is 10.2. The second kappa shape index (κ2) is 9.68. The van der Waals surface area contributed by atoms with E-state index in [1.807, 2.05) is 37.3 Å². The quantitative estimate of drug-likeness (QED) is 0.392. The first kappa shape index (κ1) is 21.1. The summed E-state index contributed by atoms with van der Waals surface area (Å²) in [4.78, 5) is 11.6. The number of carbonyl (C=O) groups is 1. The van der Waals surface area contributed by atoms with Crippen molar-refractivity contribution in [1.82, 2.24) is 0 Å². The third-order valence-electron chi connectivity index (χ3n) is 3.68. The molecule has 0 saturated carbocycles. The molecule has 0 heterocycles. The molecule has 0 bridgehead atoms. The molecule has 7 heteroatoms. The van der Waals surface area contributed by atoms with Gasteiger partial charge >= 0.3 is 5.97 Å². The number of benzene rings is 3. The highest BCUT2D eigenvalue weighted by atomic mass is 32.2. The fourth-order valence-electron chi connectivity index (χ4n) is 2.14. The van der Waals surface area contributed by atoms with Crippen molar-refractivity contribution in [1.29, 1.82) is 0 Å². The Morgan fingerprint density at radius 2 is 1.50 bits per heavy atom. The fraction of sp³-hybridized carbons (Fsp3) is 0.0952. The van der Waals surface area contributed by atoms with Gasteiger partial charge in [0.25, 0.3) is 10.1 Å². The van der Waals surface area contributed by atoms with Crippen LogP contribution in [0.4, 0.5) is 5.69 Å². The van der Waals surface area contributed by atoms with E-state index in [4.69, 9.17) is 15.0 Å². The molecule has 0 fully saturated rings. The van der Waals surface area contributed by atoms with E-state index in [0.29, 0.717) is 11.3 Å². The number of aryl methyl sites for hydroxylation is 1. The first-order valence-corrected chi connectivity index (χ1v) is 9.80. The highest BCUT2D eigenvalue weighted by Crippen LogP contribution is 2.09. The Hall–Kier alpha value is -3.16. The van der Waals surface area contributed by atoms with Crippen LogP contribution in [0.1, 0.15) is 21.5 Å². The van der Waals surface area contributed by atoms with E-state index < -0.39 is 10.1 Å². The standard InChI is InChI=1S/C14H13NO2.C7H8O3S/c15-13-8-6-12(7-9-13)14(16)17-10-11-4-2-1-3-5-11;1-6-2-4-7(5-3-6)11(8,9)10/h1-9H,10,15H2;2-5H,1H3,(H,8,9,10). The molecule has 0 aliphatic rings. The predicted molar refractivity (Wildman–Crippen MR) is 107 cm³/mol. The average Bonchev–Trinajstić information content (AvgIpc) is 2.68. The SMILES string of the molecule is Cc1ccc(S(=O)(=O)O)cc1.Nc1ccc(C(=O)OCc2ccccc2)cc1. The summed E-state index contributed by atoms with van der Waals surface area (Å²) in [7, 11) is -4.02. The van der Waals surface area contributed by atoms with Gasteiger partial charge in [0.05, 0.1) is 10.5 Å². The maximum Gasteiger partial charge on any atom is 0.338 e. The Morgan fingerprint density at radius 1 is 0.929 bits per heavy atom. The van der Waals surface area contributed by atoms with Gasteiger partial charge in [0.2, 0.25) is 0 Å². The molecule has 6 nitrogen and oxygen atoms in total. The molecule has 0 atom stereocenters. The minimum absolute atomic E-state index is 0.0666. The van der Waals surface area contributed by atoms with Crippen molar-refractivity contribution in [2.75, 3.05) is 5.73 Å². The number of nitrogens with two attached hydrogens (primary N) is 1. The van der Waals surface area contributed by atoms with Crippen LogP contribution in [-0.2, 0) is 21.5 Å². The summed E-state index contributed by atoms with van der Waals surface area (Å²) >= 11 is 0. The summed E-state index contributed by atoms with van der Waals surface area (Å²) in [5.41, 5.74) is 8.60. The van der Waals surface area contributed by atoms with Gasteiger partial charge in [0, 0.05) is 5.69 Å². The number of nitrogen functional groups attached to an aromatic ring is 1. The highest BCUT2D eigenvalue weighted by molar-refractivity contribution is 7.85. The Bertz CT molecular complexity index is 999. The van der Waals surface area contributed by atoms with E-state index in [1.165, 1.54) is 12.1 Å². The Kier molecular flexibility index (Phi) is 7.31. The maximum absolute atomic E-state index is 11.7. The summed E-state index contributed by atoms with van der Waals surface area (Å²) in [5.74, 6) is -0.339. The van der Waals surface area contributed by atoms with Gasteiger partial charge < -0.3 is 10.5 Å². The largest absolute Gasteiger partial charge is 0.457 e. The molecular weight excluding hydrogens is 378 g/mol. The lowest BCUT2D eigenvalue weighted by Crippen LogP contribution is -2.05. The molecule has 28 heavy (non-hydrogen) atoms. The third kappa shape index (κ3) is 6.86. The molecular formula is C21H21NO5S. The van der Waals surface area contributed by atoms with Crippen LogP contribution < -0.4 is 5.73 Å². The minimum atomic E-state index is -4.02. The lowest BCUT2D eigenvalue weighted by Gasteiger charge is -2.04. The van der Waals surface area contributed by atoms with Crippen LogP contribution >= 0.6 is 0 Å². The molecule has 3 aromatic carbocycles. The molecule has 0 saturated heterocycles. The summed E-state index contributed by atoms with van der Waals surface area (Å²) in [6, 6.07) is 22.2. The van der Waals surface area contributed by atoms with Gasteiger partial charge in [-0.25, -0.2) is 4.79 Å². The predicted octanol–water partition coefficient (Wildman–Crippen LogP) is 3.87. The first-order valence-electron chi connectivity index (χ1n) is 8.36. The summed E-state index contributed by atoms with van der Waals surface area (Å²) in [5, 5.41) is 0. The van der Waals surface area contributed by atoms with Gasteiger partial charge in [-0.05, 0) is 48.9 Å². The van der Waals surface area contributed by atoms with Crippen molar-refractivity contribution in [3.8, 4) is 0 Å². The summed E-state index contributed by atoms with van der Waals surface area (Å²) in [6.07, 6.45) is 0.